The molecule has 3 N–H and O–H groups in total. The van der Waals surface area contributed by atoms with Gasteiger partial charge in [0, 0.05) is 5.69 Å². The van der Waals surface area contributed by atoms with Crippen LogP contribution in [0.1, 0.15) is 19.8 Å². The van der Waals surface area contributed by atoms with Crippen LogP contribution in [0.5, 0.6) is 5.75 Å². The lowest BCUT2D eigenvalue weighted by Gasteiger charge is -2.38. The number of piperidine rings is 1. The van der Waals surface area contributed by atoms with Gasteiger partial charge in [-0.1, -0.05) is 6.92 Å². The van der Waals surface area contributed by atoms with Crippen molar-refractivity contribution in [2.24, 2.45) is 11.1 Å². The first kappa shape index (κ1) is 15.8. The van der Waals surface area contributed by atoms with Crippen molar-refractivity contribution >= 4 is 11.6 Å². The standard InChI is InChI=1S/C16H25N3O2/c1-16(12-17)7-9-19(10-8-16)11-15(20)18-13-3-5-14(21-2)6-4-13/h3-6H,7-12,17H2,1-2H3,(H,18,20). The average Bonchev–Trinajstić information content (AvgIpc) is 2.50. The van der Waals surface area contributed by atoms with Crippen LogP contribution in [-0.4, -0.2) is 44.1 Å². The molecule has 1 aromatic rings. The summed E-state index contributed by atoms with van der Waals surface area (Å²) in [6, 6.07) is 7.36. The number of nitrogens with two attached hydrogens (primary N) is 1. The maximum Gasteiger partial charge on any atom is 0.238 e. The van der Waals surface area contributed by atoms with Crippen LogP contribution in [0.4, 0.5) is 5.69 Å². The van der Waals surface area contributed by atoms with Crippen LogP contribution < -0.4 is 15.8 Å². The number of methoxy groups -OCH3 is 1. The normalized spacial score (nSPS) is 18.2. The van der Waals surface area contributed by atoms with E-state index in [1.54, 1.807) is 7.11 Å². The van der Waals surface area contributed by atoms with Crippen LogP contribution in [0.15, 0.2) is 24.3 Å². The van der Waals surface area contributed by atoms with Crippen molar-refractivity contribution in [1.82, 2.24) is 4.90 Å². The molecule has 0 unspecified atom stereocenters. The predicted octanol–water partition coefficient (Wildman–Crippen LogP) is 1.69. The van der Waals surface area contributed by atoms with E-state index >= 15 is 0 Å². The van der Waals surface area contributed by atoms with Crippen LogP contribution in [-0.2, 0) is 4.79 Å². The van der Waals surface area contributed by atoms with E-state index in [4.69, 9.17) is 10.5 Å². The molecule has 0 aromatic heterocycles. The van der Waals surface area contributed by atoms with Gasteiger partial charge in [-0.25, -0.2) is 0 Å². The highest BCUT2D eigenvalue weighted by Crippen LogP contribution is 2.29. The van der Waals surface area contributed by atoms with Crippen LogP contribution >= 0.6 is 0 Å². The molecule has 1 saturated heterocycles. The zero-order chi connectivity index (χ0) is 15.3. The minimum atomic E-state index is 0.0246. The van der Waals surface area contributed by atoms with Crippen LogP contribution in [0.25, 0.3) is 0 Å². The molecule has 0 radical (unpaired) electrons. The van der Waals surface area contributed by atoms with E-state index < -0.39 is 0 Å². The summed E-state index contributed by atoms with van der Waals surface area (Å²) in [5, 5.41) is 2.91. The maximum atomic E-state index is 12.1. The monoisotopic (exact) mass is 291 g/mol. The number of carbonyl (C=O) groups is 1. The molecule has 0 aliphatic carbocycles. The van der Waals surface area contributed by atoms with Gasteiger partial charge in [-0.3, -0.25) is 9.69 Å². The SMILES string of the molecule is COc1ccc(NC(=O)CN2CCC(C)(CN)CC2)cc1. The molecule has 0 saturated carbocycles. The molecule has 0 spiro atoms. The van der Waals surface area contributed by atoms with Gasteiger partial charge in [0.1, 0.15) is 5.75 Å². The van der Waals surface area contributed by atoms with E-state index in [0.29, 0.717) is 6.54 Å². The van der Waals surface area contributed by atoms with Gasteiger partial charge in [-0.15, -0.1) is 0 Å². The largest absolute Gasteiger partial charge is 0.497 e. The fourth-order valence-corrected chi connectivity index (χ4v) is 2.53. The second-order valence-electron chi connectivity index (χ2n) is 6.07. The number of carbonyl (C=O) groups excluding carboxylic acids is 1. The third kappa shape index (κ3) is 4.44. The Morgan fingerprint density at radius 3 is 2.48 bits per heavy atom. The molecule has 1 aliphatic rings. The summed E-state index contributed by atoms with van der Waals surface area (Å²) < 4.78 is 5.09. The molecular formula is C16H25N3O2. The number of rotatable bonds is 5. The molecular weight excluding hydrogens is 266 g/mol. The van der Waals surface area contributed by atoms with Gasteiger partial charge in [-0.2, -0.15) is 0 Å². The number of amides is 1. The topological polar surface area (TPSA) is 67.6 Å². The number of hydrogen-bond donors (Lipinski definition) is 2. The molecule has 5 heteroatoms. The fraction of sp³-hybridized carbons (Fsp3) is 0.562. The molecule has 2 rings (SSSR count). The number of ether oxygens (including phenoxy) is 1. The lowest BCUT2D eigenvalue weighted by Crippen LogP contribution is -2.44. The van der Waals surface area contributed by atoms with E-state index in [1.807, 2.05) is 24.3 Å². The summed E-state index contributed by atoms with van der Waals surface area (Å²) >= 11 is 0. The first-order valence-electron chi connectivity index (χ1n) is 7.41. The van der Waals surface area contributed by atoms with E-state index in [2.05, 4.69) is 17.1 Å². The highest BCUT2D eigenvalue weighted by Gasteiger charge is 2.29. The van der Waals surface area contributed by atoms with Gasteiger partial charge in [-0.05, 0) is 62.2 Å². The molecule has 1 heterocycles. The van der Waals surface area contributed by atoms with Crippen LogP contribution in [0, 0.1) is 5.41 Å². The first-order chi connectivity index (χ1) is 10.0. The Kier molecular flexibility index (Phi) is 5.20. The Bertz CT molecular complexity index is 465. The van der Waals surface area contributed by atoms with Gasteiger partial charge in [0.05, 0.1) is 13.7 Å². The summed E-state index contributed by atoms with van der Waals surface area (Å²) in [5.74, 6) is 0.807. The lowest BCUT2D eigenvalue weighted by molar-refractivity contribution is -0.117. The van der Waals surface area contributed by atoms with Gasteiger partial charge < -0.3 is 15.8 Å². The quantitative estimate of drug-likeness (QED) is 0.866. The van der Waals surface area contributed by atoms with Gasteiger partial charge in [0.15, 0.2) is 0 Å². The fourth-order valence-electron chi connectivity index (χ4n) is 2.53. The first-order valence-corrected chi connectivity index (χ1v) is 7.41. The van der Waals surface area contributed by atoms with Gasteiger partial charge >= 0.3 is 0 Å². The number of nitrogens with one attached hydrogen (secondary N) is 1. The molecule has 1 aliphatic heterocycles. The van der Waals surface area contributed by atoms with Gasteiger partial charge in [0.25, 0.3) is 0 Å². The minimum Gasteiger partial charge on any atom is -0.497 e. The summed E-state index contributed by atoms with van der Waals surface area (Å²) in [7, 11) is 1.62. The molecule has 1 aromatic carbocycles. The summed E-state index contributed by atoms with van der Waals surface area (Å²) in [6.07, 6.45) is 2.11. The van der Waals surface area contributed by atoms with Crippen molar-refractivity contribution in [1.29, 1.82) is 0 Å². The Morgan fingerprint density at radius 2 is 1.95 bits per heavy atom. The van der Waals surface area contributed by atoms with Crippen molar-refractivity contribution in [2.45, 2.75) is 19.8 Å². The molecule has 5 nitrogen and oxygen atoms in total. The minimum absolute atomic E-state index is 0.0246. The van der Waals surface area contributed by atoms with E-state index in [1.165, 1.54) is 0 Å². The van der Waals surface area contributed by atoms with Gasteiger partial charge in [0.2, 0.25) is 5.91 Å². The predicted molar refractivity (Wildman–Crippen MR) is 84.5 cm³/mol. The molecule has 116 valence electrons. The Hall–Kier alpha value is -1.59. The van der Waals surface area contributed by atoms with Crippen molar-refractivity contribution in [3.63, 3.8) is 0 Å². The van der Waals surface area contributed by atoms with Crippen molar-refractivity contribution < 1.29 is 9.53 Å². The van der Waals surface area contributed by atoms with Crippen molar-refractivity contribution in [3.05, 3.63) is 24.3 Å². The smallest absolute Gasteiger partial charge is 0.238 e. The lowest BCUT2D eigenvalue weighted by atomic mass is 9.80. The van der Waals surface area contributed by atoms with E-state index in [0.717, 1.165) is 43.9 Å². The summed E-state index contributed by atoms with van der Waals surface area (Å²) in [6.45, 7) is 5.25. The summed E-state index contributed by atoms with van der Waals surface area (Å²) in [5.41, 5.74) is 6.84. The molecule has 0 bridgehead atoms. The van der Waals surface area contributed by atoms with Crippen molar-refractivity contribution in [3.8, 4) is 5.75 Å². The zero-order valence-corrected chi connectivity index (χ0v) is 12.9. The Balaban J connectivity index is 1.79. The zero-order valence-electron chi connectivity index (χ0n) is 12.9. The van der Waals surface area contributed by atoms with E-state index in [-0.39, 0.29) is 11.3 Å². The molecule has 1 fully saturated rings. The van der Waals surface area contributed by atoms with Crippen molar-refractivity contribution in [2.75, 3.05) is 38.6 Å². The Morgan fingerprint density at radius 1 is 1.33 bits per heavy atom. The molecule has 0 atom stereocenters. The molecule has 1 amide bonds. The summed E-state index contributed by atoms with van der Waals surface area (Å²) in [4.78, 5) is 14.2. The highest BCUT2D eigenvalue weighted by atomic mass is 16.5. The second kappa shape index (κ2) is 6.91. The maximum absolute atomic E-state index is 12.1. The van der Waals surface area contributed by atoms with Crippen LogP contribution in [0.2, 0.25) is 0 Å². The highest BCUT2D eigenvalue weighted by molar-refractivity contribution is 5.92. The molecule has 21 heavy (non-hydrogen) atoms. The number of nitrogens with zero attached hydrogens (tertiary/aromatic N) is 1. The number of anilines is 1. The number of benzene rings is 1. The van der Waals surface area contributed by atoms with Crippen LogP contribution in [0.3, 0.4) is 0 Å². The Labute approximate surface area is 126 Å². The number of likely N-dealkylation sites (tertiary alicyclic amines) is 1. The third-order valence-corrected chi connectivity index (χ3v) is 4.30. The second-order valence-corrected chi connectivity index (χ2v) is 6.07. The average molecular weight is 291 g/mol. The van der Waals surface area contributed by atoms with E-state index in [9.17, 15) is 4.79 Å². The third-order valence-electron chi connectivity index (χ3n) is 4.30. The number of hydrogen-bond acceptors (Lipinski definition) is 4.